The first-order chi connectivity index (χ1) is 12.8. The number of amides is 1. The van der Waals surface area contributed by atoms with E-state index in [-0.39, 0.29) is 12.6 Å². The molecule has 0 aromatic heterocycles. The van der Waals surface area contributed by atoms with Crippen molar-refractivity contribution >= 4 is 12.0 Å². The fourth-order valence-corrected chi connectivity index (χ4v) is 3.10. The van der Waals surface area contributed by atoms with Crippen LogP contribution < -0.4 is 5.32 Å². The van der Waals surface area contributed by atoms with Crippen molar-refractivity contribution in [3.05, 3.63) is 41.5 Å². The molecule has 3 heteroatoms. The summed E-state index contributed by atoms with van der Waals surface area (Å²) >= 11 is 0. The number of nitrogens with one attached hydrogen (secondary N) is 1. The molecule has 1 rings (SSSR count). The molecule has 0 unspecified atom stereocenters. The summed E-state index contributed by atoms with van der Waals surface area (Å²) in [6.07, 6.45) is 20.4. The Bertz CT molecular complexity index is 511. The molecule has 0 aliphatic carbocycles. The van der Waals surface area contributed by atoms with Crippen molar-refractivity contribution in [1.29, 1.82) is 0 Å². The molecule has 0 bridgehead atoms. The third kappa shape index (κ3) is 11.1. The largest absolute Gasteiger partial charge is 0.376 e. The van der Waals surface area contributed by atoms with E-state index in [4.69, 9.17) is 5.11 Å². The number of carbonyl (C=O) groups is 1. The number of benzene rings is 1. The molecule has 2 N–H and O–H groups in total. The zero-order valence-electron chi connectivity index (χ0n) is 16.5. The van der Waals surface area contributed by atoms with Crippen LogP contribution in [0.1, 0.15) is 99.9 Å². The maximum atomic E-state index is 11.7. The Kier molecular flexibility index (Phi) is 13.5. The van der Waals surface area contributed by atoms with Crippen LogP contribution in [-0.2, 0) is 0 Å². The van der Waals surface area contributed by atoms with Crippen molar-refractivity contribution in [1.82, 2.24) is 5.32 Å². The number of unbranched alkanes of at least 4 members (excludes halogenated alkanes) is 11. The lowest BCUT2D eigenvalue weighted by Crippen LogP contribution is -2.23. The Labute approximate surface area is 159 Å². The van der Waals surface area contributed by atoms with E-state index in [1.165, 1.54) is 70.6 Å². The van der Waals surface area contributed by atoms with Crippen LogP contribution in [0.15, 0.2) is 30.3 Å². The third-order valence-corrected chi connectivity index (χ3v) is 4.67. The van der Waals surface area contributed by atoms with Crippen LogP contribution in [0.3, 0.4) is 0 Å². The average molecular weight is 360 g/mol. The molecule has 0 fully saturated rings. The first-order valence-electron chi connectivity index (χ1n) is 10.4. The molecule has 1 aromatic rings. The van der Waals surface area contributed by atoms with E-state index in [2.05, 4.69) is 24.4 Å². The van der Waals surface area contributed by atoms with Gasteiger partial charge in [0, 0.05) is 5.56 Å². The van der Waals surface area contributed by atoms with Crippen LogP contribution in [0.25, 0.3) is 6.08 Å². The zero-order valence-corrected chi connectivity index (χ0v) is 16.5. The summed E-state index contributed by atoms with van der Waals surface area (Å²) in [5.41, 5.74) is 1.61. The fourth-order valence-electron chi connectivity index (χ4n) is 3.10. The summed E-state index contributed by atoms with van der Waals surface area (Å²) in [5, 5.41) is 11.2. The van der Waals surface area contributed by atoms with Gasteiger partial charge in [0.15, 0.2) is 0 Å². The van der Waals surface area contributed by atoms with Crippen LogP contribution in [0, 0.1) is 0 Å². The highest BCUT2D eigenvalue weighted by Crippen LogP contribution is 2.13. The normalized spacial score (nSPS) is 11.2. The van der Waals surface area contributed by atoms with Gasteiger partial charge in [-0.05, 0) is 30.5 Å². The molecule has 146 valence electrons. The van der Waals surface area contributed by atoms with E-state index in [0.717, 1.165) is 12.0 Å². The number of rotatable bonds is 15. The lowest BCUT2D eigenvalue weighted by Gasteiger charge is -2.03. The number of hydrogen-bond acceptors (Lipinski definition) is 2. The van der Waals surface area contributed by atoms with Gasteiger partial charge in [0.25, 0.3) is 5.91 Å². The van der Waals surface area contributed by atoms with Crippen LogP contribution in [0.4, 0.5) is 0 Å². The SMILES string of the molecule is CCCCCCCCCCCCCC=Cc1cccc(C(=O)NCO)c1. The minimum absolute atomic E-state index is 0.242. The zero-order chi connectivity index (χ0) is 18.9. The van der Waals surface area contributed by atoms with Gasteiger partial charge in [0.05, 0.1) is 0 Å². The van der Waals surface area contributed by atoms with Gasteiger partial charge in [-0.25, -0.2) is 0 Å². The molecule has 0 aliphatic heterocycles. The standard InChI is InChI=1S/C23H37NO2/c1-2-3-4-5-6-7-8-9-10-11-12-13-14-16-21-17-15-18-22(19-21)23(26)24-20-25/h14-19,25H,2-13,20H2,1H3,(H,24,26). The molecule has 26 heavy (non-hydrogen) atoms. The Morgan fingerprint density at radius 2 is 1.58 bits per heavy atom. The minimum atomic E-state index is -0.336. The van der Waals surface area contributed by atoms with E-state index >= 15 is 0 Å². The van der Waals surface area contributed by atoms with Crippen molar-refractivity contribution in [3.8, 4) is 0 Å². The fraction of sp³-hybridized carbons (Fsp3) is 0.609. The summed E-state index contributed by atoms with van der Waals surface area (Å²) in [7, 11) is 0. The highest BCUT2D eigenvalue weighted by atomic mass is 16.3. The minimum Gasteiger partial charge on any atom is -0.376 e. The van der Waals surface area contributed by atoms with E-state index in [0.29, 0.717) is 5.56 Å². The quantitative estimate of drug-likeness (QED) is 0.294. The Hall–Kier alpha value is -1.61. The van der Waals surface area contributed by atoms with E-state index in [1.807, 2.05) is 18.2 Å². The van der Waals surface area contributed by atoms with Gasteiger partial charge in [-0.15, -0.1) is 0 Å². The van der Waals surface area contributed by atoms with Gasteiger partial charge in [-0.1, -0.05) is 95.4 Å². The molecule has 1 aromatic carbocycles. The highest BCUT2D eigenvalue weighted by molar-refractivity contribution is 5.94. The van der Waals surface area contributed by atoms with Gasteiger partial charge in [-0.2, -0.15) is 0 Å². The number of hydrogen-bond donors (Lipinski definition) is 2. The van der Waals surface area contributed by atoms with Crippen molar-refractivity contribution in [2.45, 2.75) is 84.0 Å². The predicted molar refractivity (Wildman–Crippen MR) is 111 cm³/mol. The third-order valence-electron chi connectivity index (χ3n) is 4.67. The Morgan fingerprint density at radius 1 is 0.962 bits per heavy atom. The lowest BCUT2D eigenvalue weighted by atomic mass is 10.0. The summed E-state index contributed by atoms with van der Waals surface area (Å²) in [5.74, 6) is -0.242. The van der Waals surface area contributed by atoms with E-state index in [9.17, 15) is 4.79 Å². The second kappa shape index (κ2) is 15.6. The van der Waals surface area contributed by atoms with Crippen molar-refractivity contribution in [2.24, 2.45) is 0 Å². The first kappa shape index (κ1) is 22.4. The average Bonchev–Trinajstić information content (AvgIpc) is 2.66. The van der Waals surface area contributed by atoms with Gasteiger partial charge in [0.1, 0.15) is 6.73 Å². The Morgan fingerprint density at radius 3 is 2.19 bits per heavy atom. The van der Waals surface area contributed by atoms with Crippen LogP contribution in [0.5, 0.6) is 0 Å². The summed E-state index contributed by atoms with van der Waals surface area (Å²) in [4.78, 5) is 11.7. The smallest absolute Gasteiger partial charge is 0.253 e. The van der Waals surface area contributed by atoms with Crippen molar-refractivity contribution in [2.75, 3.05) is 6.73 Å². The maximum Gasteiger partial charge on any atom is 0.253 e. The molecule has 0 saturated carbocycles. The molecule has 0 saturated heterocycles. The number of carbonyl (C=O) groups excluding carboxylic acids is 1. The van der Waals surface area contributed by atoms with Crippen molar-refractivity contribution in [3.63, 3.8) is 0 Å². The summed E-state index contributed by atoms with van der Waals surface area (Å²) < 4.78 is 0. The van der Waals surface area contributed by atoms with Gasteiger partial charge < -0.3 is 10.4 Å². The molecular formula is C23H37NO2. The maximum absolute atomic E-state index is 11.7. The van der Waals surface area contributed by atoms with Gasteiger partial charge in [0.2, 0.25) is 0 Å². The Balaban J connectivity index is 2.06. The second-order valence-corrected chi connectivity index (χ2v) is 7.02. The molecule has 0 aliphatic rings. The number of aliphatic hydroxyl groups is 1. The summed E-state index contributed by atoms with van der Waals surface area (Å²) in [6, 6.07) is 7.47. The molecule has 0 spiro atoms. The number of aliphatic hydroxyl groups excluding tert-OH is 1. The van der Waals surface area contributed by atoms with Gasteiger partial charge in [-0.3, -0.25) is 4.79 Å². The molecule has 0 radical (unpaired) electrons. The lowest BCUT2D eigenvalue weighted by molar-refractivity contribution is 0.0910. The topological polar surface area (TPSA) is 49.3 Å². The monoisotopic (exact) mass is 359 g/mol. The molecule has 3 nitrogen and oxygen atoms in total. The molecule has 1 amide bonds. The molecule has 0 atom stereocenters. The summed E-state index contributed by atoms with van der Waals surface area (Å²) in [6.45, 7) is 1.93. The highest BCUT2D eigenvalue weighted by Gasteiger charge is 2.03. The van der Waals surface area contributed by atoms with Crippen molar-refractivity contribution < 1.29 is 9.90 Å². The predicted octanol–water partition coefficient (Wildman–Crippen LogP) is 6.08. The van der Waals surface area contributed by atoms with E-state index < -0.39 is 0 Å². The second-order valence-electron chi connectivity index (χ2n) is 7.02. The van der Waals surface area contributed by atoms with Crippen LogP contribution >= 0.6 is 0 Å². The van der Waals surface area contributed by atoms with Crippen LogP contribution in [-0.4, -0.2) is 17.7 Å². The molecular weight excluding hydrogens is 322 g/mol. The van der Waals surface area contributed by atoms with Crippen LogP contribution in [0.2, 0.25) is 0 Å². The molecule has 0 heterocycles. The van der Waals surface area contributed by atoms with E-state index in [1.54, 1.807) is 6.07 Å². The first-order valence-corrected chi connectivity index (χ1v) is 10.4. The van der Waals surface area contributed by atoms with Gasteiger partial charge >= 0.3 is 0 Å². The number of allylic oxidation sites excluding steroid dienone is 1.